The van der Waals surface area contributed by atoms with Crippen LogP contribution in [0.1, 0.15) is 12.8 Å². The number of carbonyl (C=O) groups is 1. The molecule has 0 unspecified atom stereocenters. The smallest absolute Gasteiger partial charge is 0.314 e. The number of urea groups is 1. The van der Waals surface area contributed by atoms with Gasteiger partial charge in [0.15, 0.2) is 0 Å². The van der Waals surface area contributed by atoms with Gasteiger partial charge in [-0.2, -0.15) is 11.8 Å². The maximum Gasteiger partial charge on any atom is 0.314 e. The predicted molar refractivity (Wildman–Crippen MR) is 75.9 cm³/mol. The molecule has 0 aromatic rings. The van der Waals surface area contributed by atoms with Crippen LogP contribution in [0.5, 0.6) is 0 Å². The van der Waals surface area contributed by atoms with Gasteiger partial charge in [-0.25, -0.2) is 4.79 Å². The summed E-state index contributed by atoms with van der Waals surface area (Å²) in [5.74, 6) is 2.55. The van der Waals surface area contributed by atoms with Crippen molar-refractivity contribution >= 4 is 17.8 Å². The molecule has 2 saturated heterocycles. The molecule has 0 spiro atoms. The highest BCUT2D eigenvalue weighted by Crippen LogP contribution is 2.10. The third-order valence-electron chi connectivity index (χ3n) is 3.77. The molecule has 104 valence electrons. The van der Waals surface area contributed by atoms with Gasteiger partial charge in [-0.3, -0.25) is 0 Å². The van der Waals surface area contributed by atoms with Gasteiger partial charge in [-0.15, -0.1) is 0 Å². The van der Waals surface area contributed by atoms with Crippen LogP contribution in [-0.2, 0) is 0 Å². The topological polar surface area (TPSA) is 61.6 Å². The summed E-state index contributed by atoms with van der Waals surface area (Å²) < 4.78 is 0. The van der Waals surface area contributed by atoms with Crippen molar-refractivity contribution in [2.45, 2.75) is 18.9 Å². The molecule has 2 heterocycles. The number of nitrogens with two attached hydrogens (primary N) is 1. The Balaban J connectivity index is 1.56. The minimum Gasteiger partial charge on any atom is -0.351 e. The Kier molecular flexibility index (Phi) is 5.59. The van der Waals surface area contributed by atoms with E-state index >= 15 is 0 Å². The first-order valence-corrected chi connectivity index (χ1v) is 7.99. The molecule has 0 aliphatic carbocycles. The van der Waals surface area contributed by atoms with Crippen LogP contribution in [0.4, 0.5) is 4.79 Å². The molecule has 0 atom stereocenters. The van der Waals surface area contributed by atoms with E-state index in [4.69, 9.17) is 5.73 Å². The highest BCUT2D eigenvalue weighted by Gasteiger charge is 2.20. The number of amides is 2. The first-order chi connectivity index (χ1) is 8.75. The lowest BCUT2D eigenvalue weighted by Crippen LogP contribution is -2.48. The summed E-state index contributed by atoms with van der Waals surface area (Å²) in [5.41, 5.74) is 5.27. The highest BCUT2D eigenvalue weighted by molar-refractivity contribution is 7.99. The number of nitrogens with zero attached hydrogens (tertiary/aromatic N) is 2. The van der Waals surface area contributed by atoms with E-state index in [0.717, 1.165) is 39.0 Å². The zero-order valence-corrected chi connectivity index (χ0v) is 11.8. The van der Waals surface area contributed by atoms with Gasteiger partial charge in [0.2, 0.25) is 0 Å². The highest BCUT2D eigenvalue weighted by atomic mass is 32.2. The average molecular weight is 272 g/mol. The fraction of sp³-hybridized carbons (Fsp3) is 0.917. The standard InChI is InChI=1S/C12H24N4OS/c13-12(17)16-4-1-11(2-5-16)14-3-6-15-7-9-18-10-8-15/h11,14H,1-10H2,(H2,13,17). The van der Waals surface area contributed by atoms with E-state index in [2.05, 4.69) is 22.0 Å². The second kappa shape index (κ2) is 7.21. The molecule has 2 aliphatic heterocycles. The normalized spacial score (nSPS) is 23.2. The maximum atomic E-state index is 11.0. The van der Waals surface area contributed by atoms with Crippen LogP contribution in [0, 0.1) is 0 Å². The molecule has 0 aromatic heterocycles. The van der Waals surface area contributed by atoms with E-state index < -0.39 is 0 Å². The Hall–Kier alpha value is -0.460. The molecule has 2 fully saturated rings. The summed E-state index contributed by atoms with van der Waals surface area (Å²) in [4.78, 5) is 15.3. The zero-order chi connectivity index (χ0) is 12.8. The van der Waals surface area contributed by atoms with Gasteiger partial charge in [-0.05, 0) is 12.8 Å². The molecule has 2 rings (SSSR count). The molecule has 6 heteroatoms. The number of hydrogen-bond donors (Lipinski definition) is 2. The minimum atomic E-state index is -0.278. The van der Waals surface area contributed by atoms with Crippen molar-refractivity contribution in [3.63, 3.8) is 0 Å². The van der Waals surface area contributed by atoms with Crippen molar-refractivity contribution in [2.75, 3.05) is 50.8 Å². The van der Waals surface area contributed by atoms with Crippen LogP contribution in [-0.4, -0.2) is 72.6 Å². The number of hydrogen-bond acceptors (Lipinski definition) is 4. The number of primary amides is 1. The zero-order valence-electron chi connectivity index (χ0n) is 10.9. The van der Waals surface area contributed by atoms with E-state index in [-0.39, 0.29) is 6.03 Å². The first kappa shape index (κ1) is 14.0. The van der Waals surface area contributed by atoms with Crippen LogP contribution in [0.25, 0.3) is 0 Å². The average Bonchev–Trinajstić information content (AvgIpc) is 2.40. The molecule has 3 N–H and O–H groups in total. The molecule has 2 aliphatic rings. The summed E-state index contributed by atoms with van der Waals surface area (Å²) >= 11 is 2.05. The molecule has 18 heavy (non-hydrogen) atoms. The lowest BCUT2D eigenvalue weighted by atomic mass is 10.1. The van der Waals surface area contributed by atoms with Crippen molar-refractivity contribution in [2.24, 2.45) is 5.73 Å². The summed E-state index contributed by atoms with van der Waals surface area (Å²) in [6, 6.07) is 0.277. The number of carbonyl (C=O) groups excluding carboxylic acids is 1. The molecule has 0 radical (unpaired) electrons. The number of rotatable bonds is 4. The quantitative estimate of drug-likeness (QED) is 0.766. The SMILES string of the molecule is NC(=O)N1CCC(NCCN2CCSCC2)CC1. The lowest BCUT2D eigenvalue weighted by Gasteiger charge is -2.32. The minimum absolute atomic E-state index is 0.278. The van der Waals surface area contributed by atoms with Gasteiger partial charge in [0.05, 0.1) is 0 Å². The monoisotopic (exact) mass is 272 g/mol. The van der Waals surface area contributed by atoms with E-state index in [1.165, 1.54) is 24.6 Å². The van der Waals surface area contributed by atoms with E-state index in [0.29, 0.717) is 6.04 Å². The van der Waals surface area contributed by atoms with E-state index in [1.54, 1.807) is 4.90 Å². The molecule has 0 aromatic carbocycles. The van der Waals surface area contributed by atoms with Crippen molar-refractivity contribution in [3.8, 4) is 0 Å². The molecule has 2 amide bonds. The van der Waals surface area contributed by atoms with Crippen LogP contribution >= 0.6 is 11.8 Å². The Bertz CT molecular complexity index is 263. The van der Waals surface area contributed by atoms with Crippen molar-refractivity contribution in [1.29, 1.82) is 0 Å². The summed E-state index contributed by atoms with van der Waals surface area (Å²) in [5, 5.41) is 3.60. The van der Waals surface area contributed by atoms with Gasteiger partial charge in [-0.1, -0.05) is 0 Å². The predicted octanol–water partition coefficient (Wildman–Crippen LogP) is 0.168. The van der Waals surface area contributed by atoms with Crippen LogP contribution in [0.2, 0.25) is 0 Å². The third-order valence-corrected chi connectivity index (χ3v) is 4.71. The third kappa shape index (κ3) is 4.33. The van der Waals surface area contributed by atoms with Crippen LogP contribution in [0.15, 0.2) is 0 Å². The Morgan fingerprint density at radius 2 is 1.89 bits per heavy atom. The molecule has 5 nitrogen and oxygen atoms in total. The largest absolute Gasteiger partial charge is 0.351 e. The molecule has 0 bridgehead atoms. The second-order valence-electron chi connectivity index (χ2n) is 5.01. The van der Waals surface area contributed by atoms with Gasteiger partial charge < -0.3 is 20.9 Å². The van der Waals surface area contributed by atoms with Crippen LogP contribution < -0.4 is 11.1 Å². The summed E-state index contributed by atoms with van der Waals surface area (Å²) in [7, 11) is 0. The maximum absolute atomic E-state index is 11.0. The second-order valence-corrected chi connectivity index (χ2v) is 6.23. The molecule has 0 saturated carbocycles. The van der Waals surface area contributed by atoms with E-state index in [9.17, 15) is 4.79 Å². The van der Waals surface area contributed by atoms with Gasteiger partial charge >= 0.3 is 6.03 Å². The lowest BCUT2D eigenvalue weighted by molar-refractivity contribution is 0.183. The fourth-order valence-electron chi connectivity index (χ4n) is 2.56. The van der Waals surface area contributed by atoms with E-state index in [1.807, 2.05) is 0 Å². The number of nitrogens with one attached hydrogen (secondary N) is 1. The Morgan fingerprint density at radius 1 is 1.22 bits per heavy atom. The van der Waals surface area contributed by atoms with Crippen molar-refractivity contribution < 1.29 is 4.79 Å². The fourth-order valence-corrected chi connectivity index (χ4v) is 3.53. The number of thioether (sulfide) groups is 1. The molecular formula is C12H24N4OS. The van der Waals surface area contributed by atoms with Crippen molar-refractivity contribution in [1.82, 2.24) is 15.1 Å². The molecular weight excluding hydrogens is 248 g/mol. The van der Waals surface area contributed by atoms with Crippen LogP contribution in [0.3, 0.4) is 0 Å². The van der Waals surface area contributed by atoms with Gasteiger partial charge in [0.1, 0.15) is 0 Å². The summed E-state index contributed by atoms with van der Waals surface area (Å²) in [6.07, 6.45) is 2.05. The number of piperidine rings is 1. The first-order valence-electron chi connectivity index (χ1n) is 6.83. The van der Waals surface area contributed by atoms with Gasteiger partial charge in [0.25, 0.3) is 0 Å². The van der Waals surface area contributed by atoms with Gasteiger partial charge in [0, 0.05) is 56.8 Å². The van der Waals surface area contributed by atoms with Crippen molar-refractivity contribution in [3.05, 3.63) is 0 Å². The number of likely N-dealkylation sites (tertiary alicyclic amines) is 1. The summed E-state index contributed by atoms with van der Waals surface area (Å²) in [6.45, 7) is 6.27. The Labute approximate surface area is 113 Å². The Morgan fingerprint density at radius 3 is 2.50 bits per heavy atom.